The third-order valence-electron chi connectivity index (χ3n) is 9.58. The fraction of sp³-hybridized carbons (Fsp3) is 0.395. The number of alkyl halides is 6. The average molecular weight is 780 g/mol. The zero-order valence-electron chi connectivity index (χ0n) is 30.0. The van der Waals surface area contributed by atoms with Gasteiger partial charge in [-0.2, -0.15) is 26.3 Å². The molecule has 1 fully saturated rings. The summed E-state index contributed by atoms with van der Waals surface area (Å²) < 4.78 is 105. The van der Waals surface area contributed by atoms with Crippen LogP contribution in [0.3, 0.4) is 0 Å². The number of methoxy groups -OCH3 is 1. The van der Waals surface area contributed by atoms with Crippen molar-refractivity contribution in [1.29, 1.82) is 0 Å². The SMILES string of the molecule is COc1ccccc1[C@H](Cn1c(=O)c(N2CCN(Cc3cccc(C(F)(F)F)c3)CC2)c(C)n(Cc2c(F)cccc2C(F)(F)F)c1=O)NCCCC(=O)O. The summed E-state index contributed by atoms with van der Waals surface area (Å²) in [5, 5.41) is 12.3. The lowest BCUT2D eigenvalue weighted by Crippen LogP contribution is -2.51. The summed E-state index contributed by atoms with van der Waals surface area (Å²) in [5.41, 5.74) is -3.70. The molecule has 1 aromatic heterocycles. The van der Waals surface area contributed by atoms with Crippen molar-refractivity contribution in [3.63, 3.8) is 0 Å². The van der Waals surface area contributed by atoms with Gasteiger partial charge in [-0.15, -0.1) is 0 Å². The van der Waals surface area contributed by atoms with E-state index in [0.29, 0.717) is 22.9 Å². The number of nitrogens with zero attached hydrogens (tertiary/aromatic N) is 4. The van der Waals surface area contributed by atoms with E-state index in [1.54, 1.807) is 35.2 Å². The molecule has 0 radical (unpaired) electrons. The van der Waals surface area contributed by atoms with Gasteiger partial charge in [-0.25, -0.2) is 9.18 Å². The maximum atomic E-state index is 15.2. The lowest BCUT2D eigenvalue weighted by molar-refractivity contribution is -0.139. The Morgan fingerprint density at radius 2 is 1.58 bits per heavy atom. The number of hydrogen-bond acceptors (Lipinski definition) is 7. The van der Waals surface area contributed by atoms with Crippen LogP contribution in [0.15, 0.2) is 76.3 Å². The first-order valence-electron chi connectivity index (χ1n) is 17.4. The summed E-state index contributed by atoms with van der Waals surface area (Å²) in [5.74, 6) is -1.84. The van der Waals surface area contributed by atoms with E-state index in [-0.39, 0.29) is 70.0 Å². The van der Waals surface area contributed by atoms with Crippen LogP contribution in [0.1, 0.15) is 52.4 Å². The Morgan fingerprint density at radius 3 is 2.24 bits per heavy atom. The van der Waals surface area contributed by atoms with Crippen molar-refractivity contribution in [1.82, 2.24) is 19.4 Å². The fourth-order valence-electron chi connectivity index (χ4n) is 6.80. The number of halogens is 7. The van der Waals surface area contributed by atoms with Crippen molar-refractivity contribution in [3.8, 4) is 5.75 Å². The van der Waals surface area contributed by atoms with Gasteiger partial charge in [-0.05, 0) is 49.7 Å². The number of piperazine rings is 1. The topological polar surface area (TPSA) is 109 Å². The van der Waals surface area contributed by atoms with Crippen molar-refractivity contribution in [3.05, 3.63) is 127 Å². The van der Waals surface area contributed by atoms with Gasteiger partial charge in [-0.3, -0.25) is 23.6 Å². The monoisotopic (exact) mass is 779 g/mol. The molecular weight excluding hydrogens is 739 g/mol. The largest absolute Gasteiger partial charge is 0.496 e. The Hall–Kier alpha value is -5.16. The van der Waals surface area contributed by atoms with Crippen molar-refractivity contribution in [2.75, 3.05) is 44.7 Å². The Labute approximate surface area is 311 Å². The summed E-state index contributed by atoms with van der Waals surface area (Å²) in [7, 11) is 1.42. The van der Waals surface area contributed by atoms with E-state index in [1.165, 1.54) is 20.1 Å². The summed E-state index contributed by atoms with van der Waals surface area (Å²) in [6, 6.07) is 13.3. The van der Waals surface area contributed by atoms with Gasteiger partial charge in [0, 0.05) is 56.0 Å². The van der Waals surface area contributed by atoms with Crippen LogP contribution in [0.25, 0.3) is 0 Å². The molecular formula is C38H40F7N5O5. The Kier molecular flexibility index (Phi) is 12.8. The van der Waals surface area contributed by atoms with Crippen LogP contribution >= 0.6 is 0 Å². The van der Waals surface area contributed by atoms with Gasteiger partial charge in [0.15, 0.2) is 0 Å². The molecule has 0 saturated carbocycles. The Balaban J connectivity index is 1.56. The van der Waals surface area contributed by atoms with Gasteiger partial charge in [0.1, 0.15) is 17.3 Å². The first-order valence-corrected chi connectivity index (χ1v) is 17.4. The molecule has 0 amide bonds. The van der Waals surface area contributed by atoms with Crippen molar-refractivity contribution < 1.29 is 45.4 Å². The van der Waals surface area contributed by atoms with E-state index in [2.05, 4.69) is 5.32 Å². The molecule has 3 aromatic carbocycles. The van der Waals surface area contributed by atoms with E-state index in [0.717, 1.165) is 33.4 Å². The normalized spacial score (nSPS) is 14.6. The van der Waals surface area contributed by atoms with E-state index in [1.807, 2.05) is 4.90 Å². The number of aromatic nitrogens is 2. The molecule has 0 spiro atoms. The molecule has 2 N–H and O–H groups in total. The molecule has 0 aliphatic carbocycles. The number of ether oxygens (including phenoxy) is 1. The maximum Gasteiger partial charge on any atom is 0.416 e. The molecule has 2 heterocycles. The van der Waals surface area contributed by atoms with Crippen LogP contribution in [-0.4, -0.2) is 64.9 Å². The highest BCUT2D eigenvalue weighted by atomic mass is 19.4. The number of carboxylic acids is 1. The minimum Gasteiger partial charge on any atom is -0.496 e. The number of nitrogens with one attached hydrogen (secondary N) is 1. The minimum atomic E-state index is -4.96. The number of anilines is 1. The molecule has 0 unspecified atom stereocenters. The predicted octanol–water partition coefficient (Wildman–Crippen LogP) is 6.07. The lowest BCUT2D eigenvalue weighted by Gasteiger charge is -2.37. The molecule has 296 valence electrons. The van der Waals surface area contributed by atoms with Crippen LogP contribution in [0, 0.1) is 12.7 Å². The highest BCUT2D eigenvalue weighted by Gasteiger charge is 2.36. The van der Waals surface area contributed by atoms with Gasteiger partial charge in [0.25, 0.3) is 5.56 Å². The number of carbonyl (C=O) groups is 1. The number of rotatable bonds is 14. The third kappa shape index (κ3) is 9.75. The zero-order valence-corrected chi connectivity index (χ0v) is 30.0. The number of aliphatic carboxylic acids is 1. The highest BCUT2D eigenvalue weighted by Crippen LogP contribution is 2.34. The molecule has 10 nitrogen and oxygen atoms in total. The molecule has 1 aliphatic heterocycles. The summed E-state index contributed by atoms with van der Waals surface area (Å²) >= 11 is 0. The molecule has 1 aliphatic rings. The number of hydrogen-bond donors (Lipinski definition) is 2. The second-order valence-electron chi connectivity index (χ2n) is 13.2. The van der Waals surface area contributed by atoms with Crippen molar-refractivity contribution >= 4 is 11.7 Å². The summed E-state index contributed by atoms with van der Waals surface area (Å²) in [6.45, 7) is 1.42. The van der Waals surface area contributed by atoms with Crippen LogP contribution in [-0.2, 0) is 36.8 Å². The van der Waals surface area contributed by atoms with Gasteiger partial charge >= 0.3 is 24.0 Å². The van der Waals surface area contributed by atoms with E-state index in [9.17, 15) is 40.7 Å². The molecule has 17 heteroatoms. The molecule has 1 saturated heterocycles. The fourth-order valence-corrected chi connectivity index (χ4v) is 6.80. The van der Waals surface area contributed by atoms with Gasteiger partial charge in [0.2, 0.25) is 0 Å². The standard InChI is InChI=1S/C38H40F7N5O5/c1-24-34(48-18-16-47(17-19-48)21-25-8-5-9-26(20-25)37(40,41)42)35(53)50(36(54)49(24)22-28-29(38(43,44)45)11-6-12-30(28)39)23-31(46-15-7-14-33(51)52)27-10-3-4-13-32(27)55-2/h3-6,8-13,20,31,46H,7,14-19,21-23H2,1-2H3,(H,51,52)/t31-/m0/s1. The Bertz CT molecular complexity index is 2110. The number of benzene rings is 3. The second kappa shape index (κ2) is 17.1. The molecule has 4 aromatic rings. The van der Waals surface area contributed by atoms with Crippen LogP contribution < -0.4 is 26.2 Å². The quantitative estimate of drug-likeness (QED) is 0.117. The minimum absolute atomic E-state index is 0.00258. The molecule has 5 rings (SSSR count). The molecule has 55 heavy (non-hydrogen) atoms. The Morgan fingerprint density at radius 1 is 0.891 bits per heavy atom. The molecule has 0 bridgehead atoms. The predicted molar refractivity (Wildman–Crippen MR) is 190 cm³/mol. The average Bonchev–Trinajstić information content (AvgIpc) is 3.13. The van der Waals surface area contributed by atoms with Gasteiger partial charge in [0.05, 0.1) is 37.4 Å². The third-order valence-corrected chi connectivity index (χ3v) is 9.58. The number of carboxylic acid groups (broad SMARTS) is 1. The van der Waals surface area contributed by atoms with E-state index >= 15 is 4.39 Å². The number of para-hydroxylation sites is 1. The van der Waals surface area contributed by atoms with Crippen molar-refractivity contribution in [2.45, 2.75) is 57.8 Å². The first kappa shape index (κ1) is 41.0. The second-order valence-corrected chi connectivity index (χ2v) is 13.2. The van der Waals surface area contributed by atoms with Gasteiger partial charge < -0.3 is 20.1 Å². The highest BCUT2D eigenvalue weighted by molar-refractivity contribution is 5.66. The summed E-state index contributed by atoms with van der Waals surface area (Å²) in [6.07, 6.45) is -9.46. The molecule has 1 atom stereocenters. The van der Waals surface area contributed by atoms with Crippen LogP contribution in [0.4, 0.5) is 36.4 Å². The van der Waals surface area contributed by atoms with Crippen LogP contribution in [0.5, 0.6) is 5.75 Å². The smallest absolute Gasteiger partial charge is 0.416 e. The van der Waals surface area contributed by atoms with Crippen molar-refractivity contribution in [2.24, 2.45) is 0 Å². The maximum absolute atomic E-state index is 15.2. The first-order chi connectivity index (χ1) is 26.0. The van der Waals surface area contributed by atoms with Gasteiger partial charge in [-0.1, -0.05) is 42.5 Å². The summed E-state index contributed by atoms with van der Waals surface area (Å²) in [4.78, 5) is 43.5. The zero-order chi connectivity index (χ0) is 40.1. The lowest BCUT2D eigenvalue weighted by atomic mass is 10.0. The van der Waals surface area contributed by atoms with Crippen LogP contribution in [0.2, 0.25) is 0 Å². The van der Waals surface area contributed by atoms with E-state index < -0.39 is 64.7 Å². The van der Waals surface area contributed by atoms with E-state index in [4.69, 9.17) is 9.84 Å².